The fraction of sp³-hybridized carbons (Fsp3) is 0.550. The van der Waals surface area contributed by atoms with Gasteiger partial charge in [0.25, 0.3) is 0 Å². The molecule has 0 unspecified atom stereocenters. The van der Waals surface area contributed by atoms with E-state index in [9.17, 15) is 4.79 Å². The molecule has 0 aliphatic carbocycles. The van der Waals surface area contributed by atoms with Crippen molar-refractivity contribution in [3.8, 4) is 11.4 Å². The van der Waals surface area contributed by atoms with Gasteiger partial charge in [-0.25, -0.2) is 0 Å². The zero-order valence-electron chi connectivity index (χ0n) is 15.4. The van der Waals surface area contributed by atoms with Gasteiger partial charge in [0, 0.05) is 36.5 Å². The molecule has 0 saturated carbocycles. The maximum Gasteiger partial charge on any atom is 0.227 e. The van der Waals surface area contributed by atoms with Gasteiger partial charge in [-0.3, -0.25) is 4.79 Å². The van der Waals surface area contributed by atoms with Crippen molar-refractivity contribution in [1.82, 2.24) is 20.4 Å². The van der Waals surface area contributed by atoms with Crippen molar-refractivity contribution in [2.75, 3.05) is 26.2 Å². The van der Waals surface area contributed by atoms with E-state index in [0.29, 0.717) is 35.0 Å². The molecule has 2 aliphatic heterocycles. The maximum absolute atomic E-state index is 12.6. The summed E-state index contributed by atoms with van der Waals surface area (Å²) in [7, 11) is 0. The topological polar surface area (TPSA) is 71.3 Å². The van der Waals surface area contributed by atoms with E-state index >= 15 is 0 Å². The second kappa shape index (κ2) is 7.98. The summed E-state index contributed by atoms with van der Waals surface area (Å²) in [6.07, 6.45) is 5.63. The minimum absolute atomic E-state index is 0.185. The van der Waals surface area contributed by atoms with E-state index in [1.165, 1.54) is 12.8 Å². The Morgan fingerprint density at radius 1 is 1.15 bits per heavy atom. The molecule has 1 aromatic carbocycles. The molecule has 1 N–H and O–H groups in total. The fourth-order valence-corrected chi connectivity index (χ4v) is 4.26. The lowest BCUT2D eigenvalue weighted by Gasteiger charge is -2.44. The Balaban J connectivity index is 1.28. The normalized spacial score (nSPS) is 19.4. The Morgan fingerprint density at radius 3 is 2.56 bits per heavy atom. The minimum Gasteiger partial charge on any atom is -0.343 e. The number of hydrogen-bond acceptors (Lipinski definition) is 5. The van der Waals surface area contributed by atoms with Crippen molar-refractivity contribution in [2.45, 2.75) is 38.5 Å². The van der Waals surface area contributed by atoms with Crippen LogP contribution in [-0.4, -0.2) is 47.1 Å². The number of carbonyl (C=O) groups is 1. The molecule has 2 aliphatic rings. The van der Waals surface area contributed by atoms with Gasteiger partial charge in [-0.05, 0) is 68.5 Å². The van der Waals surface area contributed by atoms with Gasteiger partial charge in [0.1, 0.15) is 0 Å². The largest absolute Gasteiger partial charge is 0.343 e. The lowest BCUT2D eigenvalue weighted by atomic mass is 9.71. The standard InChI is InChI=1S/C20H25ClN4O2/c21-16-3-1-15(2-4-16)19-23-17(27-24-19)5-6-18(26)25-13-9-20(10-14-25)7-11-22-12-8-20/h1-4,22H,5-14H2. The van der Waals surface area contributed by atoms with Crippen LogP contribution in [0.1, 0.15) is 38.0 Å². The number of piperidine rings is 2. The van der Waals surface area contributed by atoms with Gasteiger partial charge in [-0.1, -0.05) is 16.8 Å². The summed E-state index contributed by atoms with van der Waals surface area (Å²) in [5, 5.41) is 8.11. The summed E-state index contributed by atoms with van der Waals surface area (Å²) in [6.45, 7) is 3.97. The first kappa shape index (κ1) is 18.4. The van der Waals surface area contributed by atoms with Crippen LogP contribution in [0.25, 0.3) is 11.4 Å². The summed E-state index contributed by atoms with van der Waals surface area (Å²) >= 11 is 5.90. The molecule has 0 radical (unpaired) electrons. The molecule has 3 heterocycles. The lowest BCUT2D eigenvalue weighted by Crippen LogP contribution is -2.47. The SMILES string of the molecule is O=C(CCc1nc(-c2ccc(Cl)cc2)no1)N1CCC2(CCNCC2)CC1. The molecule has 1 amide bonds. The highest BCUT2D eigenvalue weighted by molar-refractivity contribution is 6.30. The number of carbonyl (C=O) groups excluding carboxylic acids is 1. The average molecular weight is 389 g/mol. The second-order valence-corrected chi connectivity index (χ2v) is 8.09. The zero-order valence-corrected chi connectivity index (χ0v) is 16.2. The van der Waals surface area contributed by atoms with Crippen LogP contribution in [0.3, 0.4) is 0 Å². The molecule has 2 fully saturated rings. The maximum atomic E-state index is 12.6. The predicted molar refractivity (Wildman–Crippen MR) is 103 cm³/mol. The Labute approximate surface area is 164 Å². The molecule has 0 bridgehead atoms. The van der Waals surface area contributed by atoms with E-state index in [2.05, 4.69) is 15.5 Å². The predicted octanol–water partition coefficient (Wildman–Crippen LogP) is 3.31. The van der Waals surface area contributed by atoms with Crippen molar-refractivity contribution in [2.24, 2.45) is 5.41 Å². The van der Waals surface area contributed by atoms with Gasteiger partial charge < -0.3 is 14.7 Å². The van der Waals surface area contributed by atoms with Gasteiger partial charge >= 0.3 is 0 Å². The van der Waals surface area contributed by atoms with Crippen molar-refractivity contribution >= 4 is 17.5 Å². The quantitative estimate of drug-likeness (QED) is 0.869. The minimum atomic E-state index is 0.185. The molecule has 0 atom stereocenters. The Bertz CT molecular complexity index is 774. The number of nitrogens with one attached hydrogen (secondary N) is 1. The monoisotopic (exact) mass is 388 g/mol. The molecule has 27 heavy (non-hydrogen) atoms. The molecule has 1 spiro atoms. The van der Waals surface area contributed by atoms with Crippen molar-refractivity contribution in [1.29, 1.82) is 0 Å². The van der Waals surface area contributed by atoms with Crippen LogP contribution >= 0.6 is 11.6 Å². The molecule has 6 nitrogen and oxygen atoms in total. The first-order valence-electron chi connectivity index (χ1n) is 9.71. The van der Waals surface area contributed by atoms with Gasteiger partial charge in [0.2, 0.25) is 17.6 Å². The Hall–Kier alpha value is -1.92. The molecule has 1 aromatic heterocycles. The number of aryl methyl sites for hydroxylation is 1. The van der Waals surface area contributed by atoms with E-state index < -0.39 is 0 Å². The molecule has 7 heteroatoms. The summed E-state index contributed by atoms with van der Waals surface area (Å²) in [5.41, 5.74) is 1.31. The number of amides is 1. The highest BCUT2D eigenvalue weighted by atomic mass is 35.5. The molecule has 2 saturated heterocycles. The van der Waals surface area contributed by atoms with Gasteiger partial charge in [-0.15, -0.1) is 0 Å². The van der Waals surface area contributed by atoms with Crippen LogP contribution in [0.15, 0.2) is 28.8 Å². The molecular formula is C20H25ClN4O2. The first-order valence-corrected chi connectivity index (χ1v) is 10.1. The molecule has 2 aromatic rings. The number of halogens is 1. The summed E-state index contributed by atoms with van der Waals surface area (Å²) < 4.78 is 5.31. The van der Waals surface area contributed by atoms with Crippen LogP contribution in [0, 0.1) is 5.41 Å². The van der Waals surface area contributed by atoms with E-state index in [1.54, 1.807) is 12.1 Å². The van der Waals surface area contributed by atoms with Gasteiger partial charge in [-0.2, -0.15) is 4.98 Å². The fourth-order valence-electron chi connectivity index (χ4n) is 4.13. The van der Waals surface area contributed by atoms with Crippen LogP contribution in [0.2, 0.25) is 5.02 Å². The number of aromatic nitrogens is 2. The molecule has 144 valence electrons. The third-order valence-electron chi connectivity index (χ3n) is 5.96. The van der Waals surface area contributed by atoms with Crippen LogP contribution in [-0.2, 0) is 11.2 Å². The second-order valence-electron chi connectivity index (χ2n) is 7.65. The average Bonchev–Trinajstić information content (AvgIpc) is 3.17. The number of nitrogens with zero attached hydrogens (tertiary/aromatic N) is 3. The highest BCUT2D eigenvalue weighted by Gasteiger charge is 2.36. The number of hydrogen-bond donors (Lipinski definition) is 1. The molecule has 4 rings (SSSR count). The smallest absolute Gasteiger partial charge is 0.227 e. The van der Waals surface area contributed by atoms with Crippen LogP contribution in [0.5, 0.6) is 0 Å². The summed E-state index contributed by atoms with van der Waals surface area (Å²) in [4.78, 5) is 19.0. The number of rotatable bonds is 4. The molecular weight excluding hydrogens is 364 g/mol. The van der Waals surface area contributed by atoms with Crippen molar-refractivity contribution < 1.29 is 9.32 Å². The number of likely N-dealkylation sites (tertiary alicyclic amines) is 1. The van der Waals surface area contributed by atoms with E-state index in [0.717, 1.165) is 44.6 Å². The van der Waals surface area contributed by atoms with Crippen molar-refractivity contribution in [3.05, 3.63) is 35.2 Å². The van der Waals surface area contributed by atoms with E-state index in [4.69, 9.17) is 16.1 Å². The zero-order chi connectivity index (χ0) is 18.7. The van der Waals surface area contributed by atoms with Crippen molar-refractivity contribution in [3.63, 3.8) is 0 Å². The van der Waals surface area contributed by atoms with Gasteiger partial charge in [0.15, 0.2) is 0 Å². The summed E-state index contributed by atoms with van der Waals surface area (Å²) in [5.74, 6) is 1.21. The Kier molecular flexibility index (Phi) is 5.45. The highest BCUT2D eigenvalue weighted by Crippen LogP contribution is 2.39. The Morgan fingerprint density at radius 2 is 1.85 bits per heavy atom. The lowest BCUT2D eigenvalue weighted by molar-refractivity contribution is -0.133. The first-order chi connectivity index (χ1) is 13.1. The van der Waals surface area contributed by atoms with E-state index in [-0.39, 0.29) is 5.91 Å². The summed E-state index contributed by atoms with van der Waals surface area (Å²) in [6, 6.07) is 7.29. The van der Waals surface area contributed by atoms with Crippen LogP contribution in [0.4, 0.5) is 0 Å². The third kappa shape index (κ3) is 4.33. The number of benzene rings is 1. The van der Waals surface area contributed by atoms with Crippen LogP contribution < -0.4 is 5.32 Å². The van der Waals surface area contributed by atoms with Gasteiger partial charge in [0.05, 0.1) is 0 Å². The third-order valence-corrected chi connectivity index (χ3v) is 6.22. The van der Waals surface area contributed by atoms with E-state index in [1.807, 2.05) is 17.0 Å².